The number of nitrogens with one attached hydrogen (secondary N) is 3. The molecule has 0 saturated heterocycles. The molecule has 2 rings (SSSR count). The number of rotatable bonds is 5. The predicted octanol–water partition coefficient (Wildman–Crippen LogP) is 0.667. The molecule has 0 fully saturated rings. The van der Waals surface area contributed by atoms with Gasteiger partial charge in [-0.1, -0.05) is 11.8 Å². The number of aromatic nitrogens is 5. The minimum absolute atomic E-state index is 0.175. The number of amides is 1. The van der Waals surface area contributed by atoms with Gasteiger partial charge in [-0.25, -0.2) is 4.98 Å². The van der Waals surface area contributed by atoms with E-state index < -0.39 is 0 Å². The second-order valence-electron chi connectivity index (χ2n) is 3.74. The van der Waals surface area contributed by atoms with E-state index in [1.165, 1.54) is 11.8 Å². The van der Waals surface area contributed by atoms with E-state index in [1.54, 1.807) is 6.07 Å². The van der Waals surface area contributed by atoms with Crippen LogP contribution in [0.25, 0.3) is 0 Å². The van der Waals surface area contributed by atoms with Crippen LogP contribution in [0.15, 0.2) is 11.2 Å². The number of thioether (sulfide) groups is 1. The maximum atomic E-state index is 11.6. The highest BCUT2D eigenvalue weighted by molar-refractivity contribution is 7.99. The molecular formula is C10H14N6OS. The first kappa shape index (κ1) is 12.6. The Bertz CT molecular complexity index is 534. The molecule has 0 bridgehead atoms. The van der Waals surface area contributed by atoms with Crippen molar-refractivity contribution >= 4 is 17.7 Å². The summed E-state index contributed by atoms with van der Waals surface area (Å²) < 4.78 is 0. The standard InChI is InChI=1S/C10H14N6OS/c1-6-5-8(15-13-6)9(17)11-3-4-18-10-12-7(2)14-16-10/h5H,3-4H2,1-2H3,(H,11,17)(H,13,15)(H,12,14,16). The molecule has 3 N–H and O–H groups in total. The summed E-state index contributed by atoms with van der Waals surface area (Å²) in [5.74, 6) is 1.33. The Morgan fingerprint density at radius 2 is 2.22 bits per heavy atom. The average molecular weight is 266 g/mol. The number of carbonyl (C=O) groups excluding carboxylic acids is 1. The zero-order valence-electron chi connectivity index (χ0n) is 10.1. The minimum Gasteiger partial charge on any atom is -0.350 e. The Morgan fingerprint density at radius 3 is 2.83 bits per heavy atom. The summed E-state index contributed by atoms with van der Waals surface area (Å²) in [6, 6.07) is 1.71. The smallest absolute Gasteiger partial charge is 0.271 e. The largest absolute Gasteiger partial charge is 0.350 e. The molecule has 0 aromatic carbocycles. The van der Waals surface area contributed by atoms with Gasteiger partial charge in [-0.2, -0.15) is 5.10 Å². The highest BCUT2D eigenvalue weighted by Gasteiger charge is 2.08. The van der Waals surface area contributed by atoms with Gasteiger partial charge in [0.15, 0.2) is 0 Å². The molecule has 18 heavy (non-hydrogen) atoms. The fraction of sp³-hybridized carbons (Fsp3) is 0.400. The number of aryl methyl sites for hydroxylation is 2. The van der Waals surface area contributed by atoms with Gasteiger partial charge in [0.1, 0.15) is 11.5 Å². The van der Waals surface area contributed by atoms with Crippen LogP contribution in [0, 0.1) is 13.8 Å². The summed E-state index contributed by atoms with van der Waals surface area (Å²) in [6.45, 7) is 4.24. The molecule has 96 valence electrons. The van der Waals surface area contributed by atoms with Crippen molar-refractivity contribution in [1.29, 1.82) is 0 Å². The van der Waals surface area contributed by atoms with Crippen molar-refractivity contribution in [2.45, 2.75) is 19.0 Å². The summed E-state index contributed by atoms with van der Waals surface area (Å²) in [4.78, 5) is 15.8. The fourth-order valence-electron chi connectivity index (χ4n) is 1.32. The lowest BCUT2D eigenvalue weighted by Gasteiger charge is -2.00. The van der Waals surface area contributed by atoms with Gasteiger partial charge in [0.2, 0.25) is 5.16 Å². The normalized spacial score (nSPS) is 10.6. The van der Waals surface area contributed by atoms with Crippen LogP contribution in [0.5, 0.6) is 0 Å². The van der Waals surface area contributed by atoms with Crippen molar-refractivity contribution in [3.63, 3.8) is 0 Å². The first-order valence-corrected chi connectivity index (χ1v) is 6.46. The van der Waals surface area contributed by atoms with Crippen molar-refractivity contribution in [2.24, 2.45) is 0 Å². The van der Waals surface area contributed by atoms with Crippen LogP contribution < -0.4 is 5.32 Å². The molecule has 7 nitrogen and oxygen atoms in total. The Morgan fingerprint density at radius 1 is 1.39 bits per heavy atom. The van der Waals surface area contributed by atoms with Gasteiger partial charge in [0.05, 0.1) is 0 Å². The van der Waals surface area contributed by atoms with Crippen LogP contribution in [0.4, 0.5) is 0 Å². The molecule has 0 radical (unpaired) electrons. The molecule has 0 unspecified atom stereocenters. The number of nitrogens with zero attached hydrogens (tertiary/aromatic N) is 3. The van der Waals surface area contributed by atoms with Crippen LogP contribution in [0.3, 0.4) is 0 Å². The predicted molar refractivity (Wildman–Crippen MR) is 67.5 cm³/mol. The third kappa shape index (κ3) is 3.33. The van der Waals surface area contributed by atoms with Crippen molar-refractivity contribution in [1.82, 2.24) is 30.7 Å². The summed E-state index contributed by atoms with van der Waals surface area (Å²) in [5.41, 5.74) is 1.27. The van der Waals surface area contributed by atoms with Crippen molar-refractivity contribution in [3.05, 3.63) is 23.3 Å². The van der Waals surface area contributed by atoms with Crippen molar-refractivity contribution in [2.75, 3.05) is 12.3 Å². The van der Waals surface area contributed by atoms with E-state index in [-0.39, 0.29) is 5.91 Å². The second kappa shape index (κ2) is 5.67. The zero-order chi connectivity index (χ0) is 13.0. The van der Waals surface area contributed by atoms with E-state index in [0.717, 1.165) is 11.5 Å². The minimum atomic E-state index is -0.175. The zero-order valence-corrected chi connectivity index (χ0v) is 11.0. The lowest BCUT2D eigenvalue weighted by atomic mass is 10.3. The molecule has 2 heterocycles. The molecule has 0 atom stereocenters. The van der Waals surface area contributed by atoms with Gasteiger partial charge in [-0.05, 0) is 19.9 Å². The van der Waals surface area contributed by atoms with Gasteiger partial charge in [0.25, 0.3) is 5.91 Å². The molecule has 8 heteroatoms. The average Bonchev–Trinajstić information content (AvgIpc) is 2.93. The summed E-state index contributed by atoms with van der Waals surface area (Å²) in [7, 11) is 0. The number of hydrogen-bond acceptors (Lipinski definition) is 5. The van der Waals surface area contributed by atoms with E-state index in [0.29, 0.717) is 23.1 Å². The number of aromatic amines is 2. The van der Waals surface area contributed by atoms with E-state index in [9.17, 15) is 4.79 Å². The number of hydrogen-bond donors (Lipinski definition) is 3. The number of carbonyl (C=O) groups is 1. The maximum Gasteiger partial charge on any atom is 0.271 e. The molecule has 0 aliphatic heterocycles. The lowest BCUT2D eigenvalue weighted by Crippen LogP contribution is -2.26. The molecular weight excluding hydrogens is 252 g/mol. The fourth-order valence-corrected chi connectivity index (χ4v) is 2.02. The lowest BCUT2D eigenvalue weighted by molar-refractivity contribution is 0.0951. The topological polar surface area (TPSA) is 99.3 Å². The van der Waals surface area contributed by atoms with Crippen LogP contribution in [-0.4, -0.2) is 43.6 Å². The quantitative estimate of drug-likeness (QED) is 0.545. The summed E-state index contributed by atoms with van der Waals surface area (Å²) in [6.07, 6.45) is 0. The first-order valence-electron chi connectivity index (χ1n) is 5.47. The molecule has 0 aliphatic carbocycles. The Hall–Kier alpha value is -1.83. The molecule has 0 aliphatic rings. The van der Waals surface area contributed by atoms with E-state index in [1.807, 2.05) is 13.8 Å². The summed E-state index contributed by atoms with van der Waals surface area (Å²) >= 11 is 1.49. The highest BCUT2D eigenvalue weighted by Crippen LogP contribution is 2.10. The van der Waals surface area contributed by atoms with E-state index >= 15 is 0 Å². The third-order valence-electron chi connectivity index (χ3n) is 2.13. The van der Waals surface area contributed by atoms with Crippen LogP contribution >= 0.6 is 11.8 Å². The van der Waals surface area contributed by atoms with Crippen LogP contribution in [0.1, 0.15) is 22.0 Å². The maximum absolute atomic E-state index is 11.6. The van der Waals surface area contributed by atoms with Crippen LogP contribution in [-0.2, 0) is 0 Å². The second-order valence-corrected chi connectivity index (χ2v) is 4.81. The van der Waals surface area contributed by atoms with Gasteiger partial charge in [-0.15, -0.1) is 5.10 Å². The Kier molecular flexibility index (Phi) is 3.98. The first-order chi connectivity index (χ1) is 8.65. The monoisotopic (exact) mass is 266 g/mol. The van der Waals surface area contributed by atoms with Crippen LogP contribution in [0.2, 0.25) is 0 Å². The molecule has 0 saturated carbocycles. The molecule has 1 amide bonds. The van der Waals surface area contributed by atoms with Crippen molar-refractivity contribution < 1.29 is 4.79 Å². The SMILES string of the molecule is Cc1cc(C(=O)NCCSc2n[nH]c(C)n2)n[nH]1. The van der Waals surface area contributed by atoms with E-state index in [2.05, 4.69) is 30.7 Å². The van der Waals surface area contributed by atoms with E-state index in [4.69, 9.17) is 0 Å². The number of H-pyrrole nitrogens is 2. The molecule has 2 aromatic rings. The van der Waals surface area contributed by atoms with Gasteiger partial charge < -0.3 is 5.32 Å². The van der Waals surface area contributed by atoms with Gasteiger partial charge in [-0.3, -0.25) is 15.0 Å². The third-order valence-corrected chi connectivity index (χ3v) is 2.98. The van der Waals surface area contributed by atoms with Gasteiger partial charge in [0, 0.05) is 18.0 Å². The highest BCUT2D eigenvalue weighted by atomic mass is 32.2. The van der Waals surface area contributed by atoms with Gasteiger partial charge >= 0.3 is 0 Å². The van der Waals surface area contributed by atoms with Crippen molar-refractivity contribution in [3.8, 4) is 0 Å². The Balaban J connectivity index is 1.71. The summed E-state index contributed by atoms with van der Waals surface area (Å²) in [5, 5.41) is 16.8. The molecule has 2 aromatic heterocycles. The Labute approximate surface area is 108 Å². The molecule has 0 spiro atoms.